The highest BCUT2D eigenvalue weighted by Gasteiger charge is 2.51. The van der Waals surface area contributed by atoms with Crippen LogP contribution in [0.2, 0.25) is 0 Å². The molecule has 0 aromatic heterocycles. The number of likely N-dealkylation sites (tertiary alicyclic amines) is 1. The number of carboxylic acid groups (broad SMARTS) is 1. The Balaban J connectivity index is 1.74. The standard InChI is InChI=1S/C17H23NO3/c19-15-8-9-18(11-14-4-2-1-3-5-14)12-17(15,16(20)21)10-13-6-7-13/h1-5,13,15,19H,6-12H2,(H,20,21)/t15-,17-/m1/s1. The van der Waals surface area contributed by atoms with E-state index < -0.39 is 17.5 Å². The lowest BCUT2D eigenvalue weighted by Crippen LogP contribution is -2.55. The molecule has 3 rings (SSSR count). The zero-order valence-corrected chi connectivity index (χ0v) is 12.2. The lowest BCUT2D eigenvalue weighted by atomic mass is 9.73. The molecule has 1 aliphatic heterocycles. The molecular formula is C17H23NO3. The maximum atomic E-state index is 11.9. The molecule has 1 heterocycles. The Morgan fingerprint density at radius 3 is 2.57 bits per heavy atom. The van der Waals surface area contributed by atoms with Gasteiger partial charge in [0.25, 0.3) is 0 Å². The van der Waals surface area contributed by atoms with E-state index in [0.717, 1.165) is 25.9 Å². The third kappa shape index (κ3) is 3.11. The summed E-state index contributed by atoms with van der Waals surface area (Å²) in [6.45, 7) is 1.97. The van der Waals surface area contributed by atoms with Gasteiger partial charge >= 0.3 is 5.97 Å². The van der Waals surface area contributed by atoms with Gasteiger partial charge in [0, 0.05) is 19.6 Å². The minimum Gasteiger partial charge on any atom is -0.481 e. The van der Waals surface area contributed by atoms with Crippen LogP contribution in [-0.2, 0) is 11.3 Å². The fourth-order valence-electron chi connectivity index (χ4n) is 3.48. The lowest BCUT2D eigenvalue weighted by molar-refractivity contribution is -0.165. The topological polar surface area (TPSA) is 60.8 Å². The molecule has 2 atom stereocenters. The second-order valence-electron chi connectivity index (χ2n) is 6.61. The van der Waals surface area contributed by atoms with E-state index in [-0.39, 0.29) is 0 Å². The smallest absolute Gasteiger partial charge is 0.313 e. The quantitative estimate of drug-likeness (QED) is 0.871. The molecule has 2 fully saturated rings. The Bertz CT molecular complexity index is 500. The molecule has 21 heavy (non-hydrogen) atoms. The molecule has 1 saturated carbocycles. The normalized spacial score (nSPS) is 30.2. The summed E-state index contributed by atoms with van der Waals surface area (Å²) in [6, 6.07) is 10.1. The van der Waals surface area contributed by atoms with Gasteiger partial charge in [-0.15, -0.1) is 0 Å². The average molecular weight is 289 g/mol. The molecular weight excluding hydrogens is 266 g/mol. The van der Waals surface area contributed by atoms with Crippen molar-refractivity contribution in [2.45, 2.75) is 38.3 Å². The minimum atomic E-state index is -0.978. The van der Waals surface area contributed by atoms with Crippen LogP contribution in [0.5, 0.6) is 0 Å². The molecule has 4 nitrogen and oxygen atoms in total. The number of rotatable bonds is 5. The van der Waals surface area contributed by atoms with Gasteiger partial charge in [0.1, 0.15) is 5.41 Å². The van der Waals surface area contributed by atoms with Gasteiger partial charge in [-0.1, -0.05) is 43.2 Å². The summed E-state index contributed by atoms with van der Waals surface area (Å²) < 4.78 is 0. The first-order valence-electron chi connectivity index (χ1n) is 7.78. The number of benzene rings is 1. The van der Waals surface area contributed by atoms with Crippen LogP contribution in [0.3, 0.4) is 0 Å². The van der Waals surface area contributed by atoms with E-state index in [0.29, 0.717) is 25.3 Å². The maximum Gasteiger partial charge on any atom is 0.313 e. The summed E-state index contributed by atoms with van der Waals surface area (Å²) in [7, 11) is 0. The predicted octanol–water partition coefficient (Wildman–Crippen LogP) is 2.12. The van der Waals surface area contributed by atoms with Crippen LogP contribution in [0.15, 0.2) is 30.3 Å². The van der Waals surface area contributed by atoms with Crippen molar-refractivity contribution in [3.63, 3.8) is 0 Å². The Kier molecular flexibility index (Phi) is 4.00. The number of hydrogen-bond acceptors (Lipinski definition) is 3. The molecule has 2 aliphatic rings. The van der Waals surface area contributed by atoms with E-state index >= 15 is 0 Å². The Hall–Kier alpha value is -1.39. The number of aliphatic carboxylic acids is 1. The SMILES string of the molecule is O=C(O)[C@]1(CC2CC2)CN(Cc2ccccc2)CC[C@H]1O. The molecule has 1 aliphatic carbocycles. The van der Waals surface area contributed by atoms with E-state index in [1.54, 1.807) is 0 Å². The summed E-state index contributed by atoms with van der Waals surface area (Å²) in [4.78, 5) is 14.0. The molecule has 114 valence electrons. The van der Waals surface area contributed by atoms with Crippen molar-refractivity contribution in [1.29, 1.82) is 0 Å². The van der Waals surface area contributed by atoms with Crippen LogP contribution >= 0.6 is 0 Å². The number of hydrogen-bond donors (Lipinski definition) is 2. The predicted molar refractivity (Wildman–Crippen MR) is 79.8 cm³/mol. The molecule has 0 unspecified atom stereocenters. The van der Waals surface area contributed by atoms with Crippen LogP contribution < -0.4 is 0 Å². The first-order chi connectivity index (χ1) is 10.1. The van der Waals surface area contributed by atoms with Gasteiger partial charge in [-0.3, -0.25) is 9.69 Å². The maximum absolute atomic E-state index is 11.9. The van der Waals surface area contributed by atoms with Crippen molar-refractivity contribution in [3.05, 3.63) is 35.9 Å². The Morgan fingerprint density at radius 2 is 1.95 bits per heavy atom. The zero-order chi connectivity index (χ0) is 14.9. The van der Waals surface area contributed by atoms with Gasteiger partial charge in [0.2, 0.25) is 0 Å². The molecule has 1 aromatic rings. The summed E-state index contributed by atoms with van der Waals surface area (Å²) in [6.07, 6.45) is 2.67. The van der Waals surface area contributed by atoms with E-state index in [1.165, 1.54) is 5.56 Å². The van der Waals surface area contributed by atoms with Crippen molar-refractivity contribution >= 4 is 5.97 Å². The zero-order valence-electron chi connectivity index (χ0n) is 12.2. The van der Waals surface area contributed by atoms with Crippen molar-refractivity contribution < 1.29 is 15.0 Å². The fraction of sp³-hybridized carbons (Fsp3) is 0.588. The summed E-state index contributed by atoms with van der Waals surface area (Å²) >= 11 is 0. The minimum absolute atomic E-state index is 0.453. The fourth-order valence-corrected chi connectivity index (χ4v) is 3.48. The first-order valence-corrected chi connectivity index (χ1v) is 7.78. The Labute approximate surface area is 125 Å². The van der Waals surface area contributed by atoms with E-state index in [2.05, 4.69) is 17.0 Å². The molecule has 1 aromatic carbocycles. The summed E-state index contributed by atoms with van der Waals surface area (Å²) in [5, 5.41) is 20.1. The molecule has 2 N–H and O–H groups in total. The molecule has 0 amide bonds. The number of aliphatic hydroxyl groups is 1. The van der Waals surface area contributed by atoms with E-state index in [4.69, 9.17) is 0 Å². The highest BCUT2D eigenvalue weighted by molar-refractivity contribution is 5.76. The van der Waals surface area contributed by atoms with Gasteiger partial charge in [0.05, 0.1) is 6.10 Å². The first kappa shape index (κ1) is 14.5. The molecule has 0 bridgehead atoms. The monoisotopic (exact) mass is 289 g/mol. The van der Waals surface area contributed by atoms with Crippen LogP contribution in [0.25, 0.3) is 0 Å². The van der Waals surface area contributed by atoms with Crippen LogP contribution in [0.4, 0.5) is 0 Å². The second-order valence-corrected chi connectivity index (χ2v) is 6.61. The van der Waals surface area contributed by atoms with Gasteiger partial charge in [0.15, 0.2) is 0 Å². The third-order valence-corrected chi connectivity index (χ3v) is 4.89. The number of carbonyl (C=O) groups is 1. The highest BCUT2D eigenvalue weighted by atomic mass is 16.4. The van der Waals surface area contributed by atoms with Crippen molar-refractivity contribution in [2.24, 2.45) is 11.3 Å². The van der Waals surface area contributed by atoms with E-state index in [1.807, 2.05) is 18.2 Å². The van der Waals surface area contributed by atoms with Gasteiger partial charge in [-0.05, 0) is 24.3 Å². The van der Waals surface area contributed by atoms with Crippen molar-refractivity contribution in [3.8, 4) is 0 Å². The van der Waals surface area contributed by atoms with Crippen molar-refractivity contribution in [2.75, 3.05) is 13.1 Å². The number of aliphatic hydroxyl groups excluding tert-OH is 1. The molecule has 1 saturated heterocycles. The van der Waals surface area contributed by atoms with Gasteiger partial charge < -0.3 is 10.2 Å². The van der Waals surface area contributed by atoms with E-state index in [9.17, 15) is 15.0 Å². The highest BCUT2D eigenvalue weighted by Crippen LogP contribution is 2.45. The Morgan fingerprint density at radius 1 is 1.24 bits per heavy atom. The largest absolute Gasteiger partial charge is 0.481 e. The third-order valence-electron chi connectivity index (χ3n) is 4.89. The van der Waals surface area contributed by atoms with Crippen LogP contribution in [-0.4, -0.2) is 40.3 Å². The molecule has 0 spiro atoms. The number of piperidine rings is 1. The summed E-state index contributed by atoms with van der Waals surface area (Å²) in [5.41, 5.74) is 0.216. The number of nitrogens with zero attached hydrogens (tertiary/aromatic N) is 1. The second kappa shape index (κ2) is 5.78. The van der Waals surface area contributed by atoms with Gasteiger partial charge in [-0.2, -0.15) is 0 Å². The number of carboxylic acids is 1. The van der Waals surface area contributed by atoms with Crippen LogP contribution in [0, 0.1) is 11.3 Å². The van der Waals surface area contributed by atoms with Gasteiger partial charge in [-0.25, -0.2) is 0 Å². The molecule has 4 heteroatoms. The lowest BCUT2D eigenvalue weighted by Gasteiger charge is -2.43. The molecule has 0 radical (unpaired) electrons. The summed E-state index contributed by atoms with van der Waals surface area (Å²) in [5.74, 6) is -0.341. The average Bonchev–Trinajstić information content (AvgIpc) is 3.27. The van der Waals surface area contributed by atoms with Crippen molar-refractivity contribution in [1.82, 2.24) is 4.90 Å². The van der Waals surface area contributed by atoms with Crippen LogP contribution in [0.1, 0.15) is 31.2 Å².